The molecule has 5 nitrogen and oxygen atoms in total. The fourth-order valence-corrected chi connectivity index (χ4v) is 0.864. The molecule has 0 aliphatic heterocycles. The average Bonchev–Trinajstić information content (AvgIpc) is 2.51. The van der Waals surface area contributed by atoms with E-state index in [9.17, 15) is 4.79 Å². The molecule has 1 heterocycles. The minimum Gasteiger partial charge on any atom is -0.394 e. The third-order valence-electron chi connectivity index (χ3n) is 1.65. The second-order valence-electron chi connectivity index (χ2n) is 2.85. The van der Waals surface area contributed by atoms with Gasteiger partial charge in [0.15, 0.2) is 0 Å². The molecule has 1 atom stereocenters. The van der Waals surface area contributed by atoms with Crippen molar-refractivity contribution in [1.29, 1.82) is 0 Å². The molecule has 1 aromatic heterocycles. The Morgan fingerprint density at radius 2 is 2.54 bits per heavy atom. The summed E-state index contributed by atoms with van der Waals surface area (Å²) in [4.78, 5) is 11.4. The number of amides is 1. The van der Waals surface area contributed by atoms with E-state index in [2.05, 4.69) is 10.5 Å². The van der Waals surface area contributed by atoms with Gasteiger partial charge in [-0.3, -0.25) is 4.79 Å². The summed E-state index contributed by atoms with van der Waals surface area (Å²) in [5, 5.41) is 14.8. The van der Waals surface area contributed by atoms with Gasteiger partial charge in [-0.2, -0.15) is 0 Å². The van der Waals surface area contributed by atoms with Crippen molar-refractivity contribution in [2.24, 2.45) is 0 Å². The van der Waals surface area contributed by atoms with E-state index in [1.807, 2.05) is 0 Å². The monoisotopic (exact) mass is 184 g/mol. The first-order valence-electron chi connectivity index (χ1n) is 3.98. The van der Waals surface area contributed by atoms with Crippen LogP contribution in [0, 0.1) is 6.92 Å². The van der Waals surface area contributed by atoms with Crippen LogP contribution >= 0.6 is 0 Å². The number of nitrogens with one attached hydrogen (secondary N) is 1. The zero-order valence-electron chi connectivity index (χ0n) is 7.57. The highest BCUT2D eigenvalue weighted by Gasteiger charge is 2.14. The van der Waals surface area contributed by atoms with Gasteiger partial charge in [0, 0.05) is 6.04 Å². The highest BCUT2D eigenvalue weighted by atomic mass is 16.5. The largest absolute Gasteiger partial charge is 0.394 e. The molecule has 0 bridgehead atoms. The standard InChI is InChI=1S/C8H12N2O3/c1-5(4-11)10-8(12)7-3-9-13-6(7)2/h3,5,11H,4H2,1-2H3,(H,10,12)/t5-/m0/s1. The predicted molar refractivity (Wildman–Crippen MR) is 45.3 cm³/mol. The van der Waals surface area contributed by atoms with Crippen molar-refractivity contribution < 1.29 is 14.4 Å². The fraction of sp³-hybridized carbons (Fsp3) is 0.500. The summed E-state index contributed by atoms with van der Waals surface area (Å²) in [6, 6.07) is -0.262. The molecule has 0 saturated carbocycles. The number of rotatable bonds is 3. The third-order valence-corrected chi connectivity index (χ3v) is 1.65. The quantitative estimate of drug-likeness (QED) is 0.698. The summed E-state index contributed by atoms with van der Waals surface area (Å²) < 4.78 is 4.73. The molecule has 0 aromatic carbocycles. The summed E-state index contributed by atoms with van der Waals surface area (Å²) >= 11 is 0. The van der Waals surface area contributed by atoms with Crippen LogP contribution in [0.3, 0.4) is 0 Å². The van der Waals surface area contributed by atoms with Crippen molar-refractivity contribution in [2.75, 3.05) is 6.61 Å². The number of carbonyl (C=O) groups is 1. The topological polar surface area (TPSA) is 75.4 Å². The normalized spacial score (nSPS) is 12.5. The second kappa shape index (κ2) is 4.04. The van der Waals surface area contributed by atoms with Crippen LogP contribution in [-0.4, -0.2) is 28.8 Å². The van der Waals surface area contributed by atoms with E-state index in [4.69, 9.17) is 9.63 Å². The first kappa shape index (κ1) is 9.73. The van der Waals surface area contributed by atoms with Crippen molar-refractivity contribution in [3.63, 3.8) is 0 Å². The minimum atomic E-state index is -0.277. The number of hydrogen-bond acceptors (Lipinski definition) is 4. The highest BCUT2D eigenvalue weighted by Crippen LogP contribution is 2.05. The zero-order chi connectivity index (χ0) is 9.84. The van der Waals surface area contributed by atoms with Gasteiger partial charge in [0.05, 0.1) is 12.8 Å². The molecular weight excluding hydrogens is 172 g/mol. The van der Waals surface area contributed by atoms with Crippen molar-refractivity contribution in [3.05, 3.63) is 17.5 Å². The van der Waals surface area contributed by atoms with Crippen LogP contribution in [0.15, 0.2) is 10.7 Å². The maximum Gasteiger partial charge on any atom is 0.256 e. The molecule has 0 unspecified atom stereocenters. The zero-order valence-corrected chi connectivity index (χ0v) is 7.57. The van der Waals surface area contributed by atoms with Gasteiger partial charge in [-0.05, 0) is 13.8 Å². The molecule has 13 heavy (non-hydrogen) atoms. The Bertz CT molecular complexity index is 295. The maximum absolute atomic E-state index is 11.4. The van der Waals surface area contributed by atoms with Gasteiger partial charge < -0.3 is 14.9 Å². The summed E-state index contributed by atoms with van der Waals surface area (Å²) in [5.74, 6) is 0.197. The van der Waals surface area contributed by atoms with E-state index < -0.39 is 0 Å². The van der Waals surface area contributed by atoms with Crippen LogP contribution < -0.4 is 5.32 Å². The SMILES string of the molecule is Cc1oncc1C(=O)N[C@@H](C)CO. The Balaban J connectivity index is 2.64. The number of aromatic nitrogens is 1. The van der Waals surface area contributed by atoms with Crippen molar-refractivity contribution in [2.45, 2.75) is 19.9 Å². The number of aryl methyl sites for hydroxylation is 1. The van der Waals surface area contributed by atoms with Gasteiger partial charge in [-0.15, -0.1) is 0 Å². The fourth-order valence-electron chi connectivity index (χ4n) is 0.864. The highest BCUT2D eigenvalue weighted by molar-refractivity contribution is 5.94. The second-order valence-corrected chi connectivity index (χ2v) is 2.85. The summed E-state index contributed by atoms with van der Waals surface area (Å²) in [6.07, 6.45) is 1.36. The molecule has 0 radical (unpaired) electrons. The van der Waals surface area contributed by atoms with E-state index >= 15 is 0 Å². The Morgan fingerprint density at radius 1 is 1.85 bits per heavy atom. The molecule has 0 saturated heterocycles. The molecule has 1 amide bonds. The lowest BCUT2D eigenvalue weighted by Crippen LogP contribution is -2.35. The lowest BCUT2D eigenvalue weighted by Gasteiger charge is -2.08. The number of aliphatic hydroxyl groups is 1. The van der Waals surface area contributed by atoms with Crippen LogP contribution in [0.25, 0.3) is 0 Å². The molecule has 0 aliphatic carbocycles. The minimum absolute atomic E-state index is 0.0872. The summed E-state index contributed by atoms with van der Waals surface area (Å²) in [7, 11) is 0. The van der Waals surface area contributed by atoms with Gasteiger partial charge in [0.25, 0.3) is 5.91 Å². The van der Waals surface area contributed by atoms with E-state index in [0.717, 1.165) is 0 Å². The van der Waals surface area contributed by atoms with Gasteiger partial charge >= 0.3 is 0 Å². The number of nitrogens with zero attached hydrogens (tertiary/aromatic N) is 1. The Labute approximate surface area is 75.7 Å². The van der Waals surface area contributed by atoms with Gasteiger partial charge in [-0.25, -0.2) is 0 Å². The number of hydrogen-bond donors (Lipinski definition) is 2. The Hall–Kier alpha value is -1.36. The molecule has 72 valence electrons. The molecule has 0 fully saturated rings. The first-order chi connectivity index (χ1) is 6.15. The van der Waals surface area contributed by atoms with E-state index in [1.54, 1.807) is 13.8 Å². The average molecular weight is 184 g/mol. The molecule has 1 rings (SSSR count). The van der Waals surface area contributed by atoms with Crippen molar-refractivity contribution >= 4 is 5.91 Å². The third kappa shape index (κ3) is 2.29. The van der Waals surface area contributed by atoms with Crippen LogP contribution in [0.5, 0.6) is 0 Å². The first-order valence-corrected chi connectivity index (χ1v) is 3.98. The van der Waals surface area contributed by atoms with Gasteiger partial charge in [0.2, 0.25) is 0 Å². The molecule has 5 heteroatoms. The van der Waals surface area contributed by atoms with Crippen molar-refractivity contribution in [1.82, 2.24) is 10.5 Å². The predicted octanol–water partition coefficient (Wildman–Crippen LogP) is 0.0936. The van der Waals surface area contributed by atoms with Gasteiger partial charge in [0.1, 0.15) is 11.3 Å². The lowest BCUT2D eigenvalue weighted by molar-refractivity contribution is 0.0921. The van der Waals surface area contributed by atoms with Crippen LogP contribution in [0.1, 0.15) is 23.0 Å². The smallest absolute Gasteiger partial charge is 0.256 e. The van der Waals surface area contributed by atoms with Gasteiger partial charge in [-0.1, -0.05) is 5.16 Å². The molecule has 0 spiro atoms. The number of aliphatic hydroxyl groups excluding tert-OH is 1. The number of carbonyl (C=O) groups excluding carboxylic acids is 1. The van der Waals surface area contributed by atoms with Crippen LogP contribution in [0.2, 0.25) is 0 Å². The lowest BCUT2D eigenvalue weighted by atomic mass is 10.2. The van der Waals surface area contributed by atoms with E-state index in [1.165, 1.54) is 6.20 Å². The molecular formula is C8H12N2O3. The molecule has 0 aliphatic rings. The van der Waals surface area contributed by atoms with E-state index in [0.29, 0.717) is 11.3 Å². The molecule has 1 aromatic rings. The summed E-state index contributed by atoms with van der Waals surface area (Å²) in [5.41, 5.74) is 0.403. The summed E-state index contributed by atoms with van der Waals surface area (Å²) in [6.45, 7) is 3.28. The van der Waals surface area contributed by atoms with Crippen LogP contribution in [-0.2, 0) is 0 Å². The van der Waals surface area contributed by atoms with Crippen LogP contribution in [0.4, 0.5) is 0 Å². The molecule has 2 N–H and O–H groups in total. The Kier molecular flexibility index (Phi) is 3.02. The maximum atomic E-state index is 11.4. The Morgan fingerprint density at radius 3 is 3.00 bits per heavy atom. The van der Waals surface area contributed by atoms with Crippen molar-refractivity contribution in [3.8, 4) is 0 Å². The van der Waals surface area contributed by atoms with E-state index in [-0.39, 0.29) is 18.6 Å².